The molecule has 4 heteroatoms. The third-order valence-electron chi connectivity index (χ3n) is 4.37. The molecule has 26 heavy (non-hydrogen) atoms. The molecule has 0 aliphatic rings. The van der Waals surface area contributed by atoms with Crippen molar-refractivity contribution in [2.24, 2.45) is 0 Å². The lowest BCUT2D eigenvalue weighted by molar-refractivity contribution is 0.414. The summed E-state index contributed by atoms with van der Waals surface area (Å²) < 4.78 is 32.0. The van der Waals surface area contributed by atoms with E-state index in [2.05, 4.69) is 11.4 Å². The molecule has 1 radical (unpaired) electrons. The molecule has 3 aromatic carbocycles. The van der Waals surface area contributed by atoms with Crippen molar-refractivity contribution >= 4 is 0 Å². The summed E-state index contributed by atoms with van der Waals surface area (Å²) in [4.78, 5) is 0. The summed E-state index contributed by atoms with van der Waals surface area (Å²) in [5.41, 5.74) is 2.76. The molecular formula is C22H20F2NO. The lowest BCUT2D eigenvalue weighted by atomic mass is 9.96. The number of ether oxygens (including phenoxy) is 1. The van der Waals surface area contributed by atoms with Crippen LogP contribution in [0.4, 0.5) is 8.78 Å². The number of hydrogen-bond donors (Lipinski definition) is 1. The Balaban J connectivity index is 1.91. The van der Waals surface area contributed by atoms with Crippen LogP contribution in [-0.4, -0.2) is 7.11 Å². The highest BCUT2D eigenvalue weighted by Gasteiger charge is 2.18. The van der Waals surface area contributed by atoms with Gasteiger partial charge in [0.25, 0.3) is 0 Å². The van der Waals surface area contributed by atoms with Crippen LogP contribution in [0.1, 0.15) is 35.7 Å². The first-order chi connectivity index (χ1) is 12.6. The molecule has 0 bridgehead atoms. The van der Waals surface area contributed by atoms with E-state index in [-0.39, 0.29) is 12.1 Å². The van der Waals surface area contributed by atoms with E-state index in [1.54, 1.807) is 13.2 Å². The van der Waals surface area contributed by atoms with Gasteiger partial charge in [-0.25, -0.2) is 8.78 Å². The van der Waals surface area contributed by atoms with Crippen LogP contribution >= 0.6 is 0 Å². The Morgan fingerprint density at radius 3 is 2.27 bits per heavy atom. The van der Waals surface area contributed by atoms with Crippen LogP contribution in [0.15, 0.2) is 66.7 Å². The molecule has 2 unspecified atom stereocenters. The van der Waals surface area contributed by atoms with Gasteiger partial charge >= 0.3 is 0 Å². The molecule has 0 aliphatic carbocycles. The Bertz CT molecular complexity index is 850. The lowest BCUT2D eigenvalue weighted by Gasteiger charge is -2.25. The minimum absolute atomic E-state index is 0.124. The largest absolute Gasteiger partial charge is 0.497 e. The second-order valence-corrected chi connectivity index (χ2v) is 6.10. The van der Waals surface area contributed by atoms with Gasteiger partial charge in [-0.15, -0.1) is 0 Å². The fourth-order valence-corrected chi connectivity index (χ4v) is 2.90. The van der Waals surface area contributed by atoms with E-state index in [0.717, 1.165) is 22.9 Å². The van der Waals surface area contributed by atoms with E-state index in [1.807, 2.05) is 55.5 Å². The summed E-state index contributed by atoms with van der Waals surface area (Å²) in [6.45, 7) is 1.93. The van der Waals surface area contributed by atoms with Crippen LogP contribution < -0.4 is 10.1 Å². The van der Waals surface area contributed by atoms with E-state index in [4.69, 9.17) is 4.74 Å². The highest BCUT2D eigenvalue weighted by Crippen LogP contribution is 2.27. The van der Waals surface area contributed by atoms with Gasteiger partial charge in [0.1, 0.15) is 5.75 Å². The van der Waals surface area contributed by atoms with Gasteiger partial charge < -0.3 is 4.74 Å². The molecule has 133 valence electrons. The third-order valence-corrected chi connectivity index (χ3v) is 4.37. The van der Waals surface area contributed by atoms with E-state index in [0.29, 0.717) is 5.56 Å². The predicted molar refractivity (Wildman–Crippen MR) is 98.0 cm³/mol. The van der Waals surface area contributed by atoms with Gasteiger partial charge in [-0.05, 0) is 60.0 Å². The van der Waals surface area contributed by atoms with Gasteiger partial charge in [-0.2, -0.15) is 0 Å². The molecule has 0 heterocycles. The van der Waals surface area contributed by atoms with E-state index in [9.17, 15) is 8.78 Å². The first-order valence-corrected chi connectivity index (χ1v) is 8.39. The number of methoxy groups -OCH3 is 1. The predicted octanol–water partition coefficient (Wildman–Crippen LogP) is 5.21. The monoisotopic (exact) mass is 352 g/mol. The summed E-state index contributed by atoms with van der Waals surface area (Å²) in [6, 6.07) is 22.2. The number of benzene rings is 3. The molecule has 2 nitrogen and oxygen atoms in total. The average Bonchev–Trinajstić information content (AvgIpc) is 2.69. The van der Waals surface area contributed by atoms with Crippen LogP contribution in [0.2, 0.25) is 0 Å². The second kappa shape index (κ2) is 8.11. The fraction of sp³-hybridized carbons (Fsp3) is 0.182. The number of hydrogen-bond acceptors (Lipinski definition) is 2. The molecule has 0 aliphatic heterocycles. The molecule has 3 rings (SSSR count). The second-order valence-electron chi connectivity index (χ2n) is 6.10. The van der Waals surface area contributed by atoms with Crippen molar-refractivity contribution in [3.63, 3.8) is 0 Å². The quantitative estimate of drug-likeness (QED) is 0.657. The molecule has 2 atom stereocenters. The summed E-state index contributed by atoms with van der Waals surface area (Å²) >= 11 is 0. The SMILES string of the molecule is COc1ccc(C(NC(C)c2ccc(F)c(F)c2)c2c[c]ccc2)cc1. The minimum Gasteiger partial charge on any atom is -0.497 e. The van der Waals surface area contributed by atoms with Crippen molar-refractivity contribution in [3.8, 4) is 5.75 Å². The van der Waals surface area contributed by atoms with Crippen LogP contribution in [0, 0.1) is 17.7 Å². The summed E-state index contributed by atoms with van der Waals surface area (Å²) in [6.07, 6.45) is 0. The van der Waals surface area contributed by atoms with Crippen molar-refractivity contribution in [2.45, 2.75) is 19.0 Å². The molecule has 3 aromatic rings. The number of nitrogens with one attached hydrogen (secondary N) is 1. The van der Waals surface area contributed by atoms with E-state index >= 15 is 0 Å². The van der Waals surface area contributed by atoms with Crippen molar-refractivity contribution < 1.29 is 13.5 Å². The molecule has 0 spiro atoms. The van der Waals surface area contributed by atoms with Crippen molar-refractivity contribution in [1.29, 1.82) is 0 Å². The Labute approximate surface area is 152 Å². The average molecular weight is 352 g/mol. The topological polar surface area (TPSA) is 21.3 Å². The molecule has 0 fully saturated rings. The van der Waals surface area contributed by atoms with Gasteiger partial charge in [-0.1, -0.05) is 36.4 Å². The molecule has 0 amide bonds. The molecular weight excluding hydrogens is 332 g/mol. The van der Waals surface area contributed by atoms with Gasteiger partial charge in [-0.3, -0.25) is 5.32 Å². The standard InChI is InChI=1S/C22H20F2NO/c1-15(18-10-13-20(23)21(24)14-18)25-22(16-6-4-3-5-7-16)17-8-11-19(26-2)12-9-17/h3-4,6-15,22,25H,1-2H3. The molecule has 0 aromatic heterocycles. The minimum atomic E-state index is -0.842. The van der Waals surface area contributed by atoms with Gasteiger partial charge in [0.15, 0.2) is 11.6 Å². The smallest absolute Gasteiger partial charge is 0.159 e. The lowest BCUT2D eigenvalue weighted by Crippen LogP contribution is -2.25. The van der Waals surface area contributed by atoms with Gasteiger partial charge in [0.2, 0.25) is 0 Å². The van der Waals surface area contributed by atoms with Crippen molar-refractivity contribution in [3.05, 3.63) is 101 Å². The van der Waals surface area contributed by atoms with Crippen LogP contribution in [-0.2, 0) is 0 Å². The van der Waals surface area contributed by atoms with Gasteiger partial charge in [0.05, 0.1) is 13.2 Å². The molecule has 0 saturated carbocycles. The third kappa shape index (κ3) is 4.09. The van der Waals surface area contributed by atoms with Crippen molar-refractivity contribution in [1.82, 2.24) is 5.32 Å². The Morgan fingerprint density at radius 2 is 1.65 bits per heavy atom. The number of rotatable bonds is 6. The maximum atomic E-state index is 13.6. The number of halogens is 2. The van der Waals surface area contributed by atoms with Crippen LogP contribution in [0.5, 0.6) is 5.75 Å². The van der Waals surface area contributed by atoms with Gasteiger partial charge in [0, 0.05) is 6.04 Å². The summed E-state index contributed by atoms with van der Waals surface area (Å²) in [7, 11) is 1.63. The van der Waals surface area contributed by atoms with Crippen LogP contribution in [0.25, 0.3) is 0 Å². The first-order valence-electron chi connectivity index (χ1n) is 8.39. The highest BCUT2D eigenvalue weighted by molar-refractivity contribution is 5.36. The zero-order valence-corrected chi connectivity index (χ0v) is 14.7. The van der Waals surface area contributed by atoms with Crippen LogP contribution in [0.3, 0.4) is 0 Å². The summed E-state index contributed by atoms with van der Waals surface area (Å²) in [5, 5.41) is 3.50. The maximum absolute atomic E-state index is 13.6. The zero-order chi connectivity index (χ0) is 18.5. The molecule has 0 saturated heterocycles. The zero-order valence-electron chi connectivity index (χ0n) is 14.7. The first kappa shape index (κ1) is 18.1. The van der Waals surface area contributed by atoms with E-state index < -0.39 is 11.6 Å². The Morgan fingerprint density at radius 1 is 0.923 bits per heavy atom. The maximum Gasteiger partial charge on any atom is 0.159 e. The van der Waals surface area contributed by atoms with Crippen molar-refractivity contribution in [2.75, 3.05) is 7.11 Å². The Kier molecular flexibility index (Phi) is 5.64. The highest BCUT2D eigenvalue weighted by atomic mass is 19.2. The molecule has 1 N–H and O–H groups in total. The Hall–Kier alpha value is -2.72. The normalized spacial score (nSPS) is 13.2. The fourth-order valence-electron chi connectivity index (χ4n) is 2.90. The summed E-state index contributed by atoms with van der Waals surface area (Å²) in [5.74, 6) is -0.906. The van der Waals surface area contributed by atoms with E-state index in [1.165, 1.54) is 6.07 Å².